The Kier molecular flexibility index (Phi) is 6.15. The van der Waals surface area contributed by atoms with Gasteiger partial charge in [-0.3, -0.25) is 9.69 Å². The number of carbonyl (C=O) groups excluding carboxylic acids is 1. The molecule has 0 aliphatic carbocycles. The van der Waals surface area contributed by atoms with Crippen LogP contribution in [0.2, 0.25) is 0 Å². The molecular weight excluding hydrogens is 384 g/mol. The fourth-order valence-corrected chi connectivity index (χ4v) is 3.61. The molecule has 2 aromatic heterocycles. The summed E-state index contributed by atoms with van der Waals surface area (Å²) in [5, 5.41) is 3.13. The first-order chi connectivity index (χ1) is 14.7. The molecule has 3 aromatic rings. The number of aryl methyl sites for hydroxylation is 1. The molecule has 8 nitrogen and oxygen atoms in total. The van der Waals surface area contributed by atoms with Crippen molar-refractivity contribution in [2.45, 2.75) is 12.6 Å². The number of hydrogen-bond donors (Lipinski definition) is 1. The van der Waals surface area contributed by atoms with Crippen molar-refractivity contribution in [3.8, 4) is 5.75 Å². The van der Waals surface area contributed by atoms with Crippen LogP contribution in [-0.2, 0) is 18.3 Å². The molecule has 1 atom stereocenters. The van der Waals surface area contributed by atoms with E-state index in [2.05, 4.69) is 15.2 Å². The third kappa shape index (κ3) is 4.39. The Labute approximate surface area is 175 Å². The largest absolute Gasteiger partial charge is 0.497 e. The Balaban J connectivity index is 1.58. The van der Waals surface area contributed by atoms with Crippen molar-refractivity contribution in [3.63, 3.8) is 0 Å². The lowest BCUT2D eigenvalue weighted by molar-refractivity contribution is 0.0312. The predicted octanol–water partition coefficient (Wildman–Crippen LogP) is 2.37. The SMILES string of the molecule is COc1cccc([C@@H](NC(=O)c2ccoc2CN2CCOCC2)c2nccn2C)c1. The van der Waals surface area contributed by atoms with Gasteiger partial charge in [0, 0.05) is 32.5 Å². The Morgan fingerprint density at radius 2 is 2.13 bits per heavy atom. The number of benzene rings is 1. The molecule has 1 N–H and O–H groups in total. The van der Waals surface area contributed by atoms with Gasteiger partial charge in [0.1, 0.15) is 23.4 Å². The highest BCUT2D eigenvalue weighted by atomic mass is 16.5. The number of ether oxygens (including phenoxy) is 2. The molecule has 0 radical (unpaired) electrons. The first-order valence-electron chi connectivity index (χ1n) is 9.94. The molecule has 158 valence electrons. The third-order valence-corrected chi connectivity index (χ3v) is 5.28. The topological polar surface area (TPSA) is 81.8 Å². The standard InChI is InChI=1S/C22H26N4O4/c1-25-8-7-23-21(25)20(16-4-3-5-17(14-16)28-2)24-22(27)18-6-11-30-19(18)15-26-9-12-29-13-10-26/h3-8,11,14,20H,9-10,12-13,15H2,1-2H3,(H,24,27)/t20-/m1/s1. The van der Waals surface area contributed by atoms with Gasteiger partial charge in [-0.2, -0.15) is 0 Å². The van der Waals surface area contributed by atoms with Crippen LogP contribution in [0.15, 0.2) is 53.4 Å². The second-order valence-corrected chi connectivity index (χ2v) is 7.23. The quantitative estimate of drug-likeness (QED) is 0.644. The van der Waals surface area contributed by atoms with Crippen LogP contribution in [-0.4, -0.2) is 53.8 Å². The smallest absolute Gasteiger partial charge is 0.255 e. The van der Waals surface area contributed by atoms with E-state index in [4.69, 9.17) is 13.9 Å². The van der Waals surface area contributed by atoms with Crippen LogP contribution in [0.4, 0.5) is 0 Å². The fraction of sp³-hybridized carbons (Fsp3) is 0.364. The number of morpholine rings is 1. The van der Waals surface area contributed by atoms with Gasteiger partial charge in [0.05, 0.1) is 38.7 Å². The Morgan fingerprint density at radius 1 is 1.30 bits per heavy atom. The number of furan rings is 1. The van der Waals surface area contributed by atoms with E-state index in [1.54, 1.807) is 25.6 Å². The van der Waals surface area contributed by atoms with Gasteiger partial charge in [-0.05, 0) is 23.8 Å². The van der Waals surface area contributed by atoms with Gasteiger partial charge in [-0.15, -0.1) is 0 Å². The zero-order valence-electron chi connectivity index (χ0n) is 17.2. The van der Waals surface area contributed by atoms with Crippen LogP contribution in [0.25, 0.3) is 0 Å². The van der Waals surface area contributed by atoms with Gasteiger partial charge in [0.25, 0.3) is 5.91 Å². The normalized spacial score (nSPS) is 15.7. The summed E-state index contributed by atoms with van der Waals surface area (Å²) in [6.45, 7) is 3.60. The predicted molar refractivity (Wildman–Crippen MR) is 110 cm³/mol. The minimum atomic E-state index is -0.432. The maximum atomic E-state index is 13.2. The average Bonchev–Trinajstić information content (AvgIpc) is 3.41. The van der Waals surface area contributed by atoms with E-state index in [1.807, 2.05) is 42.1 Å². The van der Waals surface area contributed by atoms with E-state index in [-0.39, 0.29) is 5.91 Å². The lowest BCUT2D eigenvalue weighted by Crippen LogP contribution is -2.36. The summed E-state index contributed by atoms with van der Waals surface area (Å²) in [6, 6.07) is 8.91. The molecule has 1 fully saturated rings. The number of methoxy groups -OCH3 is 1. The van der Waals surface area contributed by atoms with Gasteiger partial charge in [0.15, 0.2) is 0 Å². The first-order valence-corrected chi connectivity index (χ1v) is 9.94. The zero-order valence-corrected chi connectivity index (χ0v) is 17.2. The van der Waals surface area contributed by atoms with E-state index in [1.165, 1.54) is 0 Å². The monoisotopic (exact) mass is 410 g/mol. The van der Waals surface area contributed by atoms with Crippen molar-refractivity contribution in [2.75, 3.05) is 33.4 Å². The number of amides is 1. The number of nitrogens with zero attached hydrogens (tertiary/aromatic N) is 3. The number of hydrogen-bond acceptors (Lipinski definition) is 6. The minimum Gasteiger partial charge on any atom is -0.497 e. The van der Waals surface area contributed by atoms with E-state index in [0.29, 0.717) is 31.1 Å². The highest BCUT2D eigenvalue weighted by molar-refractivity contribution is 5.95. The van der Waals surface area contributed by atoms with Gasteiger partial charge < -0.3 is 23.8 Å². The Bertz CT molecular complexity index is 990. The van der Waals surface area contributed by atoms with Crippen LogP contribution in [0, 0.1) is 0 Å². The molecular formula is C22H26N4O4. The summed E-state index contributed by atoms with van der Waals surface area (Å²) in [5.74, 6) is 1.90. The molecule has 1 aliphatic heterocycles. The molecule has 1 amide bonds. The third-order valence-electron chi connectivity index (χ3n) is 5.28. The zero-order chi connectivity index (χ0) is 20.9. The van der Waals surface area contributed by atoms with Crippen molar-refractivity contribution in [1.82, 2.24) is 19.8 Å². The van der Waals surface area contributed by atoms with Crippen molar-refractivity contribution < 1.29 is 18.7 Å². The van der Waals surface area contributed by atoms with Gasteiger partial charge in [-0.25, -0.2) is 4.98 Å². The van der Waals surface area contributed by atoms with Crippen LogP contribution >= 0.6 is 0 Å². The van der Waals surface area contributed by atoms with Crippen LogP contribution in [0.1, 0.15) is 33.5 Å². The molecule has 0 spiro atoms. The first kappa shape index (κ1) is 20.2. The molecule has 8 heteroatoms. The summed E-state index contributed by atoms with van der Waals surface area (Å²) in [5.41, 5.74) is 1.42. The van der Waals surface area contributed by atoms with E-state index in [9.17, 15) is 4.79 Å². The van der Waals surface area contributed by atoms with Gasteiger partial charge >= 0.3 is 0 Å². The summed E-state index contributed by atoms with van der Waals surface area (Å²) >= 11 is 0. The number of imidazole rings is 1. The second-order valence-electron chi connectivity index (χ2n) is 7.23. The molecule has 1 aromatic carbocycles. The van der Waals surface area contributed by atoms with Gasteiger partial charge in [-0.1, -0.05) is 12.1 Å². The summed E-state index contributed by atoms with van der Waals surface area (Å²) in [6.07, 6.45) is 5.14. The van der Waals surface area contributed by atoms with Crippen molar-refractivity contribution >= 4 is 5.91 Å². The Hall–Kier alpha value is -3.10. The molecule has 30 heavy (non-hydrogen) atoms. The lowest BCUT2D eigenvalue weighted by Gasteiger charge is -2.26. The highest BCUT2D eigenvalue weighted by Gasteiger charge is 2.25. The number of carbonyl (C=O) groups is 1. The molecule has 3 heterocycles. The number of rotatable bonds is 7. The molecule has 4 rings (SSSR count). The van der Waals surface area contributed by atoms with Crippen molar-refractivity contribution in [2.24, 2.45) is 7.05 Å². The minimum absolute atomic E-state index is 0.206. The van der Waals surface area contributed by atoms with Crippen LogP contribution in [0.3, 0.4) is 0 Å². The molecule has 0 bridgehead atoms. The lowest BCUT2D eigenvalue weighted by atomic mass is 10.0. The van der Waals surface area contributed by atoms with Crippen molar-refractivity contribution in [3.05, 3.63) is 71.7 Å². The van der Waals surface area contributed by atoms with E-state index >= 15 is 0 Å². The second kappa shape index (κ2) is 9.15. The fourth-order valence-electron chi connectivity index (χ4n) is 3.61. The van der Waals surface area contributed by atoms with Crippen LogP contribution < -0.4 is 10.1 Å². The number of nitrogens with one attached hydrogen (secondary N) is 1. The molecule has 0 unspecified atom stereocenters. The molecule has 0 saturated carbocycles. The summed E-state index contributed by atoms with van der Waals surface area (Å²) < 4.78 is 18.3. The van der Waals surface area contributed by atoms with Gasteiger partial charge in [0.2, 0.25) is 0 Å². The average molecular weight is 410 g/mol. The maximum absolute atomic E-state index is 13.2. The van der Waals surface area contributed by atoms with E-state index < -0.39 is 6.04 Å². The van der Waals surface area contributed by atoms with Crippen LogP contribution in [0.5, 0.6) is 5.75 Å². The maximum Gasteiger partial charge on any atom is 0.255 e. The number of aromatic nitrogens is 2. The molecule has 1 saturated heterocycles. The summed E-state index contributed by atoms with van der Waals surface area (Å²) in [7, 11) is 3.53. The van der Waals surface area contributed by atoms with Crippen molar-refractivity contribution in [1.29, 1.82) is 0 Å². The van der Waals surface area contributed by atoms with E-state index in [0.717, 1.165) is 30.2 Å². The molecule has 1 aliphatic rings. The highest BCUT2D eigenvalue weighted by Crippen LogP contribution is 2.25. The summed E-state index contributed by atoms with van der Waals surface area (Å²) in [4.78, 5) is 19.9. The Morgan fingerprint density at radius 3 is 2.87 bits per heavy atom.